The first-order valence-corrected chi connectivity index (χ1v) is 12.4. The molecule has 2 saturated heterocycles. The molecule has 4 rings (SSSR count). The Hall–Kier alpha value is -2.83. The van der Waals surface area contributed by atoms with E-state index in [9.17, 15) is 10.1 Å². The van der Waals surface area contributed by atoms with Crippen LogP contribution in [-0.4, -0.2) is 83.4 Å². The summed E-state index contributed by atoms with van der Waals surface area (Å²) in [4.78, 5) is 28.1. The van der Waals surface area contributed by atoms with Crippen LogP contribution in [0.3, 0.4) is 0 Å². The highest BCUT2D eigenvalue weighted by Gasteiger charge is 2.32. The summed E-state index contributed by atoms with van der Waals surface area (Å²) >= 11 is 6.33. The van der Waals surface area contributed by atoms with E-state index in [1.165, 1.54) is 0 Å². The van der Waals surface area contributed by atoms with Crippen LogP contribution in [0.5, 0.6) is 6.01 Å². The van der Waals surface area contributed by atoms with Crippen molar-refractivity contribution in [1.82, 2.24) is 19.8 Å². The van der Waals surface area contributed by atoms with Crippen LogP contribution in [0, 0.1) is 11.3 Å². The maximum absolute atomic E-state index is 12.6. The van der Waals surface area contributed by atoms with Crippen molar-refractivity contribution in [2.75, 3.05) is 44.7 Å². The number of carbonyl (C=O) groups is 1. The fraction of sp³-hybridized carbons (Fsp3) is 0.600. The second kappa shape index (κ2) is 10.0. The number of hydrogen-bond donors (Lipinski definition) is 0. The van der Waals surface area contributed by atoms with Crippen molar-refractivity contribution >= 4 is 34.4 Å². The molecule has 188 valence electrons. The van der Waals surface area contributed by atoms with E-state index in [0.29, 0.717) is 54.2 Å². The van der Waals surface area contributed by atoms with Crippen molar-refractivity contribution in [3.8, 4) is 12.1 Å². The van der Waals surface area contributed by atoms with E-state index >= 15 is 0 Å². The number of amides is 1. The van der Waals surface area contributed by atoms with Crippen LogP contribution in [0.2, 0.25) is 5.02 Å². The monoisotopic (exact) mass is 500 g/mol. The van der Waals surface area contributed by atoms with Gasteiger partial charge in [-0.05, 0) is 66.3 Å². The fourth-order valence-electron chi connectivity index (χ4n) is 4.61. The van der Waals surface area contributed by atoms with Gasteiger partial charge in [0.15, 0.2) is 0 Å². The van der Waals surface area contributed by atoms with Gasteiger partial charge in [-0.3, -0.25) is 0 Å². The van der Waals surface area contributed by atoms with E-state index in [2.05, 4.69) is 27.9 Å². The Morgan fingerprint density at radius 3 is 2.66 bits per heavy atom. The van der Waals surface area contributed by atoms with Crippen molar-refractivity contribution in [3.05, 3.63) is 22.7 Å². The molecule has 0 saturated carbocycles. The van der Waals surface area contributed by atoms with Gasteiger partial charge in [0, 0.05) is 37.1 Å². The number of rotatable bonds is 4. The molecule has 10 heteroatoms. The number of nitriles is 1. The normalized spacial score (nSPS) is 21.3. The van der Waals surface area contributed by atoms with E-state index in [4.69, 9.17) is 26.1 Å². The summed E-state index contributed by atoms with van der Waals surface area (Å²) in [7, 11) is 2.10. The SMILES string of the molecule is C[C@H]1CN(C(=O)OC(C)(C)C)CCN1c1nc(OC[C@@H]2CCCN2C)nc2cc(Cl)c(C#N)cc12. The molecule has 1 aromatic carbocycles. The number of anilines is 1. The first kappa shape index (κ1) is 25.3. The summed E-state index contributed by atoms with van der Waals surface area (Å²) in [5, 5.41) is 10.6. The summed E-state index contributed by atoms with van der Waals surface area (Å²) in [6.07, 6.45) is 1.91. The van der Waals surface area contributed by atoms with Crippen LogP contribution in [0.15, 0.2) is 12.1 Å². The molecular formula is C25H33ClN6O3. The van der Waals surface area contributed by atoms with Gasteiger partial charge in [0.05, 0.1) is 16.1 Å². The Morgan fingerprint density at radius 2 is 2.03 bits per heavy atom. The first-order chi connectivity index (χ1) is 16.6. The number of likely N-dealkylation sites (N-methyl/N-ethyl adjacent to an activating group) is 1. The van der Waals surface area contributed by atoms with E-state index in [1.807, 2.05) is 27.7 Å². The van der Waals surface area contributed by atoms with E-state index < -0.39 is 5.60 Å². The van der Waals surface area contributed by atoms with Crippen molar-refractivity contribution in [2.45, 2.75) is 58.2 Å². The average Bonchev–Trinajstić information content (AvgIpc) is 3.20. The Morgan fingerprint density at radius 1 is 1.26 bits per heavy atom. The standard InChI is InChI=1S/C25H33ClN6O3/c1-16-14-31(24(33)35-25(2,3)4)9-10-32(16)22-19-11-17(13-27)20(26)12-21(19)28-23(29-22)34-15-18-7-6-8-30(18)5/h11-12,16,18H,6-10,14-15H2,1-5H3/t16-,18-/m0/s1. The Labute approximate surface area is 211 Å². The highest BCUT2D eigenvalue weighted by molar-refractivity contribution is 6.32. The van der Waals surface area contributed by atoms with Gasteiger partial charge in [-0.1, -0.05) is 11.6 Å². The minimum Gasteiger partial charge on any atom is -0.462 e. The zero-order valence-electron chi connectivity index (χ0n) is 21.0. The summed E-state index contributed by atoms with van der Waals surface area (Å²) in [5.41, 5.74) is 0.438. The van der Waals surface area contributed by atoms with Gasteiger partial charge in [0.25, 0.3) is 0 Å². The quantitative estimate of drug-likeness (QED) is 0.620. The summed E-state index contributed by atoms with van der Waals surface area (Å²) in [6.45, 7) is 10.7. The minimum absolute atomic E-state index is 0.0376. The number of piperazine rings is 1. The molecule has 35 heavy (non-hydrogen) atoms. The largest absolute Gasteiger partial charge is 0.462 e. The maximum Gasteiger partial charge on any atom is 0.410 e. The van der Waals surface area contributed by atoms with Crippen LogP contribution < -0.4 is 9.64 Å². The summed E-state index contributed by atoms with van der Waals surface area (Å²) < 4.78 is 11.6. The van der Waals surface area contributed by atoms with Gasteiger partial charge in [0.2, 0.25) is 0 Å². The highest BCUT2D eigenvalue weighted by atomic mass is 35.5. The lowest BCUT2D eigenvalue weighted by atomic mass is 10.1. The van der Waals surface area contributed by atoms with Crippen molar-refractivity contribution in [3.63, 3.8) is 0 Å². The molecular weight excluding hydrogens is 468 g/mol. The van der Waals surface area contributed by atoms with E-state index in [-0.39, 0.29) is 18.1 Å². The van der Waals surface area contributed by atoms with Gasteiger partial charge in [-0.2, -0.15) is 15.2 Å². The molecule has 2 atom stereocenters. The molecule has 0 bridgehead atoms. The van der Waals surface area contributed by atoms with Crippen molar-refractivity contribution < 1.29 is 14.3 Å². The number of benzene rings is 1. The molecule has 2 aliphatic rings. The van der Waals surface area contributed by atoms with Crippen molar-refractivity contribution in [1.29, 1.82) is 5.26 Å². The summed E-state index contributed by atoms with van der Waals surface area (Å²) in [5.74, 6) is 0.675. The number of likely N-dealkylation sites (tertiary alicyclic amines) is 1. The maximum atomic E-state index is 12.6. The Balaban J connectivity index is 1.63. The lowest BCUT2D eigenvalue weighted by molar-refractivity contribution is 0.0218. The molecule has 2 aromatic rings. The molecule has 3 heterocycles. The topological polar surface area (TPSA) is 94.8 Å². The molecule has 2 fully saturated rings. The van der Waals surface area contributed by atoms with Crippen LogP contribution in [-0.2, 0) is 4.74 Å². The number of carbonyl (C=O) groups excluding carboxylic acids is 1. The molecule has 0 unspecified atom stereocenters. The third-order valence-electron chi connectivity index (χ3n) is 6.49. The predicted molar refractivity (Wildman–Crippen MR) is 135 cm³/mol. The van der Waals surface area contributed by atoms with Crippen molar-refractivity contribution in [2.24, 2.45) is 0 Å². The molecule has 1 amide bonds. The smallest absolute Gasteiger partial charge is 0.410 e. The Kier molecular flexibility index (Phi) is 7.25. The molecule has 0 radical (unpaired) electrons. The molecule has 0 N–H and O–H groups in total. The zero-order valence-corrected chi connectivity index (χ0v) is 21.8. The van der Waals surface area contributed by atoms with Gasteiger partial charge >= 0.3 is 12.1 Å². The average molecular weight is 501 g/mol. The minimum atomic E-state index is -0.549. The predicted octanol–water partition coefficient (Wildman–Crippen LogP) is 4.07. The Bertz CT molecular complexity index is 1140. The zero-order chi connectivity index (χ0) is 25.3. The third-order valence-corrected chi connectivity index (χ3v) is 6.80. The van der Waals surface area contributed by atoms with Crippen LogP contribution >= 0.6 is 11.6 Å². The van der Waals surface area contributed by atoms with Gasteiger partial charge in [-0.25, -0.2) is 4.79 Å². The molecule has 0 aliphatic carbocycles. The molecule has 9 nitrogen and oxygen atoms in total. The van der Waals surface area contributed by atoms with Crippen LogP contribution in [0.25, 0.3) is 10.9 Å². The molecule has 1 aromatic heterocycles. The number of aromatic nitrogens is 2. The fourth-order valence-corrected chi connectivity index (χ4v) is 4.81. The van der Waals surface area contributed by atoms with Crippen LogP contribution in [0.1, 0.15) is 46.1 Å². The number of halogens is 1. The molecule has 0 spiro atoms. The highest BCUT2D eigenvalue weighted by Crippen LogP contribution is 2.33. The van der Waals surface area contributed by atoms with E-state index in [1.54, 1.807) is 17.0 Å². The third kappa shape index (κ3) is 5.71. The first-order valence-electron chi connectivity index (χ1n) is 12.0. The lowest BCUT2D eigenvalue weighted by Gasteiger charge is -2.41. The molecule has 2 aliphatic heterocycles. The number of nitrogens with zero attached hydrogens (tertiary/aromatic N) is 6. The van der Waals surface area contributed by atoms with Gasteiger partial charge < -0.3 is 24.2 Å². The van der Waals surface area contributed by atoms with Crippen LogP contribution in [0.4, 0.5) is 10.6 Å². The second-order valence-electron chi connectivity index (χ2n) is 10.3. The second-order valence-corrected chi connectivity index (χ2v) is 10.8. The number of fused-ring (bicyclic) bond motifs is 1. The van der Waals surface area contributed by atoms with Gasteiger partial charge in [-0.15, -0.1) is 0 Å². The number of hydrogen-bond acceptors (Lipinski definition) is 8. The number of ether oxygens (including phenoxy) is 2. The van der Waals surface area contributed by atoms with E-state index in [0.717, 1.165) is 24.8 Å². The van der Waals surface area contributed by atoms with Gasteiger partial charge in [0.1, 0.15) is 24.1 Å². The summed E-state index contributed by atoms with van der Waals surface area (Å²) in [6, 6.07) is 6.15. The lowest BCUT2D eigenvalue weighted by Crippen LogP contribution is -2.54.